The second-order valence-electron chi connectivity index (χ2n) is 4.59. The molecule has 0 saturated heterocycles. The van der Waals surface area contributed by atoms with Gasteiger partial charge in [0.15, 0.2) is 5.11 Å². The van der Waals surface area contributed by atoms with E-state index in [2.05, 4.69) is 58.6 Å². The third-order valence-electron chi connectivity index (χ3n) is 3.04. The summed E-state index contributed by atoms with van der Waals surface area (Å²) >= 11 is 8.81. The highest BCUT2D eigenvalue weighted by Crippen LogP contribution is 2.20. The number of halogens is 1. The number of rotatable bonds is 3. The maximum absolute atomic E-state index is 5.32. The van der Waals surface area contributed by atoms with Gasteiger partial charge in [-0.15, -0.1) is 0 Å². The normalized spacial score (nSPS) is 10.2. The van der Waals surface area contributed by atoms with E-state index in [4.69, 9.17) is 12.2 Å². The van der Waals surface area contributed by atoms with E-state index in [0.29, 0.717) is 5.11 Å². The van der Waals surface area contributed by atoms with Gasteiger partial charge in [-0.25, -0.2) is 0 Å². The molecule has 104 valence electrons. The molecule has 2 aromatic carbocycles. The van der Waals surface area contributed by atoms with Crippen molar-refractivity contribution in [3.63, 3.8) is 0 Å². The van der Waals surface area contributed by atoms with Gasteiger partial charge >= 0.3 is 0 Å². The molecule has 0 atom stereocenters. The second kappa shape index (κ2) is 6.86. The first-order valence-electron chi connectivity index (χ1n) is 6.51. The quantitative estimate of drug-likeness (QED) is 0.752. The summed E-state index contributed by atoms with van der Waals surface area (Å²) in [5, 5.41) is 6.96. The Morgan fingerprint density at radius 3 is 2.25 bits per heavy atom. The van der Waals surface area contributed by atoms with E-state index in [1.54, 1.807) is 0 Å². The highest BCUT2D eigenvalue weighted by atomic mass is 79.9. The molecule has 2 N–H and O–H groups in total. The minimum absolute atomic E-state index is 0.593. The van der Waals surface area contributed by atoms with Crippen molar-refractivity contribution in [2.45, 2.75) is 20.3 Å². The summed E-state index contributed by atoms with van der Waals surface area (Å²) in [5.74, 6) is 0. The maximum atomic E-state index is 5.32. The predicted molar refractivity (Wildman–Crippen MR) is 94.5 cm³/mol. The van der Waals surface area contributed by atoms with Crippen LogP contribution in [-0.2, 0) is 6.42 Å². The molecule has 20 heavy (non-hydrogen) atoms. The number of hydrogen-bond acceptors (Lipinski definition) is 1. The zero-order valence-corrected chi connectivity index (χ0v) is 13.9. The van der Waals surface area contributed by atoms with Crippen LogP contribution in [0, 0.1) is 6.92 Å². The van der Waals surface area contributed by atoms with Gasteiger partial charge in [0.1, 0.15) is 0 Å². The zero-order valence-electron chi connectivity index (χ0n) is 11.5. The number of nitrogens with one attached hydrogen (secondary N) is 2. The molecule has 0 saturated carbocycles. The summed E-state index contributed by atoms with van der Waals surface area (Å²) in [5.41, 5.74) is 4.46. The minimum Gasteiger partial charge on any atom is -0.332 e. The standard InChI is InChI=1S/C16H17BrN2S/c1-3-12-4-6-13(7-5-12)18-16(20)19-14-8-9-15(17)11(2)10-14/h4-10H,3H2,1-2H3,(H2,18,19,20). The molecule has 0 aromatic heterocycles. The SMILES string of the molecule is CCc1ccc(NC(=S)Nc2ccc(Br)c(C)c2)cc1. The van der Waals surface area contributed by atoms with Gasteiger partial charge in [-0.2, -0.15) is 0 Å². The van der Waals surface area contributed by atoms with Crippen LogP contribution < -0.4 is 10.6 Å². The van der Waals surface area contributed by atoms with Crippen LogP contribution in [0.4, 0.5) is 11.4 Å². The van der Waals surface area contributed by atoms with Gasteiger partial charge in [0.05, 0.1) is 0 Å². The molecule has 0 spiro atoms. The maximum Gasteiger partial charge on any atom is 0.175 e. The van der Waals surface area contributed by atoms with Crippen molar-refractivity contribution in [1.82, 2.24) is 0 Å². The van der Waals surface area contributed by atoms with Crippen molar-refractivity contribution < 1.29 is 0 Å². The van der Waals surface area contributed by atoms with Gasteiger partial charge < -0.3 is 10.6 Å². The molecule has 0 aliphatic heterocycles. The van der Waals surface area contributed by atoms with Gasteiger partial charge in [-0.1, -0.05) is 35.0 Å². The lowest BCUT2D eigenvalue weighted by molar-refractivity contribution is 1.14. The van der Waals surface area contributed by atoms with Crippen LogP contribution in [0.25, 0.3) is 0 Å². The Balaban J connectivity index is 1.99. The van der Waals surface area contributed by atoms with Gasteiger partial charge in [0.25, 0.3) is 0 Å². The van der Waals surface area contributed by atoms with Crippen molar-refractivity contribution in [1.29, 1.82) is 0 Å². The Labute approximate surface area is 133 Å². The van der Waals surface area contributed by atoms with E-state index in [1.807, 2.05) is 24.3 Å². The lowest BCUT2D eigenvalue weighted by Gasteiger charge is -2.12. The summed E-state index contributed by atoms with van der Waals surface area (Å²) in [6.45, 7) is 4.19. The Kier molecular flexibility index (Phi) is 5.15. The molecule has 2 rings (SSSR count). The van der Waals surface area contributed by atoms with Crippen LogP contribution >= 0.6 is 28.1 Å². The van der Waals surface area contributed by atoms with Crippen molar-refractivity contribution in [2.75, 3.05) is 10.6 Å². The topological polar surface area (TPSA) is 24.1 Å². The van der Waals surface area contributed by atoms with Crippen LogP contribution in [-0.4, -0.2) is 5.11 Å². The van der Waals surface area contributed by atoms with E-state index in [-0.39, 0.29) is 0 Å². The highest BCUT2D eigenvalue weighted by Gasteiger charge is 2.01. The van der Waals surface area contributed by atoms with Crippen molar-refractivity contribution in [3.05, 3.63) is 58.1 Å². The first kappa shape index (κ1) is 15.0. The number of benzene rings is 2. The molecule has 0 aliphatic carbocycles. The van der Waals surface area contributed by atoms with Crippen molar-refractivity contribution >= 4 is 44.6 Å². The Morgan fingerprint density at radius 1 is 1.05 bits per heavy atom. The third-order valence-corrected chi connectivity index (χ3v) is 4.13. The molecule has 0 radical (unpaired) electrons. The third kappa shape index (κ3) is 4.05. The molecule has 0 unspecified atom stereocenters. The van der Waals surface area contributed by atoms with Crippen LogP contribution in [0.5, 0.6) is 0 Å². The molecular weight excluding hydrogens is 332 g/mol. The largest absolute Gasteiger partial charge is 0.332 e. The fraction of sp³-hybridized carbons (Fsp3) is 0.188. The number of hydrogen-bond donors (Lipinski definition) is 2. The minimum atomic E-state index is 0.593. The molecule has 0 bridgehead atoms. The van der Waals surface area contributed by atoms with Crippen LogP contribution in [0.2, 0.25) is 0 Å². The van der Waals surface area contributed by atoms with Crippen molar-refractivity contribution in [2.24, 2.45) is 0 Å². The van der Waals surface area contributed by atoms with E-state index >= 15 is 0 Å². The molecule has 2 aromatic rings. The Bertz CT molecular complexity index is 608. The monoisotopic (exact) mass is 348 g/mol. The zero-order chi connectivity index (χ0) is 14.5. The summed E-state index contributed by atoms with van der Waals surface area (Å²) in [6.07, 6.45) is 1.04. The number of anilines is 2. The highest BCUT2D eigenvalue weighted by molar-refractivity contribution is 9.10. The lowest BCUT2D eigenvalue weighted by Crippen LogP contribution is -2.19. The summed E-state index contributed by atoms with van der Waals surface area (Å²) in [7, 11) is 0. The number of aryl methyl sites for hydroxylation is 2. The lowest BCUT2D eigenvalue weighted by atomic mass is 10.1. The van der Waals surface area contributed by atoms with Gasteiger partial charge in [0.2, 0.25) is 0 Å². The van der Waals surface area contributed by atoms with Gasteiger partial charge in [0, 0.05) is 15.8 Å². The average Bonchev–Trinajstić information content (AvgIpc) is 2.44. The summed E-state index contributed by atoms with van der Waals surface area (Å²) in [6, 6.07) is 14.3. The first-order valence-corrected chi connectivity index (χ1v) is 7.71. The Morgan fingerprint density at radius 2 is 1.65 bits per heavy atom. The van der Waals surface area contributed by atoms with Gasteiger partial charge in [-0.05, 0) is 67.0 Å². The fourth-order valence-corrected chi connectivity index (χ4v) is 2.32. The average molecular weight is 349 g/mol. The van der Waals surface area contributed by atoms with Crippen LogP contribution in [0.15, 0.2) is 46.9 Å². The molecule has 0 aliphatic rings. The van der Waals surface area contributed by atoms with Crippen LogP contribution in [0.3, 0.4) is 0 Å². The molecule has 0 fully saturated rings. The first-order chi connectivity index (χ1) is 9.58. The van der Waals surface area contributed by atoms with E-state index in [9.17, 15) is 0 Å². The smallest absolute Gasteiger partial charge is 0.175 e. The van der Waals surface area contributed by atoms with E-state index < -0.39 is 0 Å². The second-order valence-corrected chi connectivity index (χ2v) is 5.86. The molecule has 0 amide bonds. The Hall–Kier alpha value is -1.39. The molecule has 4 heteroatoms. The molecule has 0 heterocycles. The van der Waals surface area contributed by atoms with Crippen LogP contribution in [0.1, 0.15) is 18.1 Å². The van der Waals surface area contributed by atoms with Gasteiger partial charge in [-0.3, -0.25) is 0 Å². The molecular formula is C16H17BrN2S. The predicted octanol–water partition coefficient (Wildman–Crippen LogP) is 5.13. The van der Waals surface area contributed by atoms with E-state index in [1.165, 1.54) is 11.1 Å². The summed E-state index contributed by atoms with van der Waals surface area (Å²) < 4.78 is 1.09. The number of thiocarbonyl (C=S) groups is 1. The van der Waals surface area contributed by atoms with Crippen molar-refractivity contribution in [3.8, 4) is 0 Å². The fourth-order valence-electron chi connectivity index (χ4n) is 1.84. The molecule has 2 nitrogen and oxygen atoms in total. The summed E-state index contributed by atoms with van der Waals surface area (Å²) in [4.78, 5) is 0. The van der Waals surface area contributed by atoms with E-state index in [0.717, 1.165) is 22.3 Å².